The maximum absolute atomic E-state index is 13.1. The molecule has 1 aromatic carbocycles. The predicted molar refractivity (Wildman–Crippen MR) is 73.6 cm³/mol. The minimum Gasteiger partial charge on any atom is -0.493 e. The van der Waals surface area contributed by atoms with Gasteiger partial charge in [0.15, 0.2) is 11.5 Å². The second-order valence-electron chi connectivity index (χ2n) is 4.25. The molecular formula is C15H14FNO4. The zero-order valence-corrected chi connectivity index (χ0v) is 11.6. The van der Waals surface area contributed by atoms with Gasteiger partial charge in [-0.2, -0.15) is 0 Å². The maximum atomic E-state index is 13.1. The number of halogens is 1. The zero-order valence-electron chi connectivity index (χ0n) is 11.6. The lowest BCUT2D eigenvalue weighted by molar-refractivity contribution is 0.0692. The molecule has 2 aromatic rings. The van der Waals surface area contributed by atoms with Crippen molar-refractivity contribution < 1.29 is 23.8 Å². The lowest BCUT2D eigenvalue weighted by Gasteiger charge is -2.12. The van der Waals surface area contributed by atoms with Crippen LogP contribution >= 0.6 is 0 Å². The summed E-state index contributed by atoms with van der Waals surface area (Å²) in [4.78, 5) is 14.8. The van der Waals surface area contributed by atoms with Crippen LogP contribution in [0.15, 0.2) is 30.5 Å². The highest BCUT2D eigenvalue weighted by atomic mass is 19.1. The zero-order chi connectivity index (χ0) is 15.4. The van der Waals surface area contributed by atoms with Crippen molar-refractivity contribution in [2.45, 2.75) is 13.3 Å². The van der Waals surface area contributed by atoms with Gasteiger partial charge in [-0.05, 0) is 30.2 Å². The summed E-state index contributed by atoms with van der Waals surface area (Å²) in [7, 11) is 1.48. The molecule has 21 heavy (non-hydrogen) atoms. The van der Waals surface area contributed by atoms with Crippen molar-refractivity contribution in [1.82, 2.24) is 4.98 Å². The molecule has 110 valence electrons. The highest BCUT2D eigenvalue weighted by molar-refractivity contribution is 5.90. The van der Waals surface area contributed by atoms with Gasteiger partial charge >= 0.3 is 5.97 Å². The number of aryl methyl sites for hydroxylation is 1. The predicted octanol–water partition coefficient (Wildman–Crippen LogP) is 3.28. The number of carboxylic acid groups (broad SMARTS) is 1. The molecule has 0 spiro atoms. The number of hydrogen-bond donors (Lipinski definition) is 1. The molecule has 0 aliphatic carbocycles. The lowest BCUT2D eigenvalue weighted by atomic mass is 10.1. The van der Waals surface area contributed by atoms with Gasteiger partial charge in [-0.25, -0.2) is 14.2 Å². The second-order valence-corrected chi connectivity index (χ2v) is 4.25. The van der Waals surface area contributed by atoms with Crippen LogP contribution in [0, 0.1) is 5.82 Å². The normalized spacial score (nSPS) is 10.2. The van der Waals surface area contributed by atoms with E-state index in [9.17, 15) is 9.18 Å². The second kappa shape index (κ2) is 6.21. The number of rotatable bonds is 5. The van der Waals surface area contributed by atoms with Gasteiger partial charge in [0.05, 0.1) is 13.3 Å². The highest BCUT2D eigenvalue weighted by Crippen LogP contribution is 2.33. The number of ether oxygens (including phenoxy) is 2. The van der Waals surface area contributed by atoms with Gasteiger partial charge in [-0.3, -0.25) is 0 Å². The Morgan fingerprint density at radius 2 is 2.10 bits per heavy atom. The van der Waals surface area contributed by atoms with Crippen LogP contribution in [0.2, 0.25) is 0 Å². The summed E-state index contributed by atoms with van der Waals surface area (Å²) in [5.74, 6) is -1.48. The molecule has 1 aromatic heterocycles. The number of nitrogens with zero attached hydrogens (tertiary/aromatic N) is 1. The van der Waals surface area contributed by atoms with Gasteiger partial charge in [-0.1, -0.05) is 13.0 Å². The third-order valence-electron chi connectivity index (χ3n) is 2.89. The van der Waals surface area contributed by atoms with Crippen molar-refractivity contribution in [3.63, 3.8) is 0 Å². The topological polar surface area (TPSA) is 68.7 Å². The number of carboxylic acids is 1. The van der Waals surface area contributed by atoms with E-state index < -0.39 is 11.8 Å². The van der Waals surface area contributed by atoms with Crippen LogP contribution in [-0.4, -0.2) is 23.2 Å². The highest BCUT2D eigenvalue weighted by Gasteiger charge is 2.17. The number of carbonyl (C=O) groups is 1. The lowest BCUT2D eigenvalue weighted by Crippen LogP contribution is -2.03. The Bertz CT molecular complexity index is 673. The van der Waals surface area contributed by atoms with Gasteiger partial charge in [0.2, 0.25) is 5.88 Å². The molecule has 0 atom stereocenters. The first-order chi connectivity index (χ1) is 10.0. The number of methoxy groups -OCH3 is 1. The van der Waals surface area contributed by atoms with Crippen LogP contribution in [0.5, 0.6) is 17.4 Å². The van der Waals surface area contributed by atoms with Gasteiger partial charge < -0.3 is 14.6 Å². The van der Waals surface area contributed by atoms with E-state index in [4.69, 9.17) is 14.6 Å². The van der Waals surface area contributed by atoms with E-state index in [-0.39, 0.29) is 11.4 Å². The van der Waals surface area contributed by atoms with Crippen LogP contribution in [0.3, 0.4) is 0 Å². The van der Waals surface area contributed by atoms with Gasteiger partial charge in [0.1, 0.15) is 11.4 Å². The van der Waals surface area contributed by atoms with Crippen LogP contribution in [-0.2, 0) is 6.42 Å². The van der Waals surface area contributed by atoms with Crippen molar-refractivity contribution in [3.8, 4) is 17.4 Å². The fourth-order valence-corrected chi connectivity index (χ4v) is 1.78. The molecule has 0 saturated carbocycles. The summed E-state index contributed by atoms with van der Waals surface area (Å²) in [6.45, 7) is 2.00. The molecule has 0 aliphatic heterocycles. The molecule has 0 bridgehead atoms. The summed E-state index contributed by atoms with van der Waals surface area (Å²) in [6, 6.07) is 6.15. The van der Waals surface area contributed by atoms with Crippen LogP contribution in [0.25, 0.3) is 0 Å². The third kappa shape index (κ3) is 3.28. The molecule has 1 heterocycles. The van der Waals surface area contributed by atoms with Crippen LogP contribution < -0.4 is 9.47 Å². The standard InChI is InChI=1S/C15H14FNO4/c1-3-9-4-5-12(13(6-9)20-2)21-14-11(15(18)19)7-10(16)8-17-14/h4-8H,3H2,1-2H3,(H,18,19). The Kier molecular flexibility index (Phi) is 4.37. The Morgan fingerprint density at radius 1 is 1.33 bits per heavy atom. The number of benzene rings is 1. The first-order valence-electron chi connectivity index (χ1n) is 6.28. The molecule has 0 amide bonds. The molecule has 6 heteroatoms. The molecule has 0 fully saturated rings. The number of aromatic nitrogens is 1. The summed E-state index contributed by atoms with van der Waals surface area (Å²) < 4.78 is 23.8. The first-order valence-corrected chi connectivity index (χ1v) is 6.28. The molecular weight excluding hydrogens is 277 g/mol. The Morgan fingerprint density at radius 3 is 2.71 bits per heavy atom. The third-order valence-corrected chi connectivity index (χ3v) is 2.89. The summed E-state index contributed by atoms with van der Waals surface area (Å²) in [5, 5.41) is 9.06. The van der Waals surface area contributed by atoms with Crippen molar-refractivity contribution in [1.29, 1.82) is 0 Å². The van der Waals surface area contributed by atoms with E-state index in [1.54, 1.807) is 12.1 Å². The van der Waals surface area contributed by atoms with Crippen molar-refractivity contribution in [3.05, 3.63) is 47.4 Å². The average molecular weight is 291 g/mol. The number of aromatic carboxylic acids is 1. The monoisotopic (exact) mass is 291 g/mol. The van der Waals surface area contributed by atoms with E-state index in [0.717, 1.165) is 24.2 Å². The van der Waals surface area contributed by atoms with Gasteiger partial charge in [0.25, 0.3) is 0 Å². The van der Waals surface area contributed by atoms with E-state index in [0.29, 0.717) is 11.5 Å². The molecule has 0 unspecified atom stereocenters. The van der Waals surface area contributed by atoms with Gasteiger partial charge in [0, 0.05) is 0 Å². The SMILES string of the molecule is CCc1ccc(Oc2ncc(F)cc2C(=O)O)c(OC)c1. The van der Waals surface area contributed by atoms with E-state index >= 15 is 0 Å². The Labute approximate surface area is 121 Å². The van der Waals surface area contributed by atoms with Crippen molar-refractivity contribution in [2.24, 2.45) is 0 Å². The van der Waals surface area contributed by atoms with Crippen LogP contribution in [0.4, 0.5) is 4.39 Å². The summed E-state index contributed by atoms with van der Waals surface area (Å²) >= 11 is 0. The van der Waals surface area contributed by atoms with E-state index in [1.165, 1.54) is 7.11 Å². The summed E-state index contributed by atoms with van der Waals surface area (Å²) in [5.41, 5.74) is 0.696. The number of hydrogen-bond acceptors (Lipinski definition) is 4. The fraction of sp³-hybridized carbons (Fsp3) is 0.200. The Hall–Kier alpha value is -2.63. The van der Waals surface area contributed by atoms with Crippen molar-refractivity contribution >= 4 is 5.97 Å². The Balaban J connectivity index is 2.40. The van der Waals surface area contributed by atoms with E-state index in [2.05, 4.69) is 4.98 Å². The quantitative estimate of drug-likeness (QED) is 0.915. The number of pyridine rings is 1. The minimum atomic E-state index is -1.32. The van der Waals surface area contributed by atoms with E-state index in [1.807, 2.05) is 13.0 Å². The van der Waals surface area contributed by atoms with Crippen LogP contribution in [0.1, 0.15) is 22.8 Å². The maximum Gasteiger partial charge on any atom is 0.341 e. The van der Waals surface area contributed by atoms with Crippen molar-refractivity contribution in [2.75, 3.05) is 7.11 Å². The molecule has 0 saturated heterocycles. The molecule has 0 aliphatic rings. The largest absolute Gasteiger partial charge is 0.493 e. The molecule has 2 rings (SSSR count). The first kappa shape index (κ1) is 14.8. The summed E-state index contributed by atoms with van der Waals surface area (Å²) in [6.07, 6.45) is 1.72. The molecule has 5 nitrogen and oxygen atoms in total. The minimum absolute atomic E-state index is 0.188. The molecule has 1 N–H and O–H groups in total. The molecule has 0 radical (unpaired) electrons. The fourth-order valence-electron chi connectivity index (χ4n) is 1.78. The smallest absolute Gasteiger partial charge is 0.341 e. The van der Waals surface area contributed by atoms with Gasteiger partial charge in [-0.15, -0.1) is 0 Å². The average Bonchev–Trinajstić information content (AvgIpc) is 2.49.